The monoisotopic (exact) mass is 683 g/mol. The Morgan fingerprint density at radius 1 is 0.327 bits per heavy atom. The first kappa shape index (κ1) is 15.1. The summed E-state index contributed by atoms with van der Waals surface area (Å²) in [6, 6.07) is -3.22. The molecule has 11 aromatic rings. The van der Waals surface area contributed by atoms with Gasteiger partial charge >= 0.3 is 0 Å². The van der Waals surface area contributed by atoms with E-state index >= 15 is 0 Å². The molecule has 2 aromatic heterocycles. The zero-order chi connectivity index (χ0) is 52.4. The fourth-order valence-corrected chi connectivity index (χ4v) is 7.16. The Labute approximate surface area is 329 Å². The molecule has 0 aliphatic carbocycles. The second kappa shape index (κ2) is 11.3. The minimum atomic E-state index is -0.989. The molecule has 0 saturated carbocycles. The van der Waals surface area contributed by atoms with Gasteiger partial charge in [0.2, 0.25) is 0 Å². The van der Waals surface area contributed by atoms with Crippen LogP contribution in [0.1, 0.15) is 28.8 Å². The predicted octanol–water partition coefficient (Wildman–Crippen LogP) is 14.5. The van der Waals surface area contributed by atoms with Crippen LogP contribution in [-0.4, -0.2) is 0 Å². The highest BCUT2D eigenvalue weighted by Crippen LogP contribution is 2.49. The lowest BCUT2D eigenvalue weighted by molar-refractivity contribution is 0.633. The molecule has 2 heteroatoms. The summed E-state index contributed by atoms with van der Waals surface area (Å²) in [5, 5.41) is -0.293. The van der Waals surface area contributed by atoms with Crippen LogP contribution in [0.4, 0.5) is 0 Å². The smallest absolute Gasteiger partial charge is 0.178 e. The number of rotatable bonds is 4. The molecule has 11 rings (SSSR count). The molecule has 0 N–H and O–H groups in total. The summed E-state index contributed by atoms with van der Waals surface area (Å²) in [6.07, 6.45) is 0. The Hall–Kier alpha value is -6.90. The molecule has 0 fully saturated rings. The Bertz CT molecular complexity index is 4290. The van der Waals surface area contributed by atoms with E-state index in [2.05, 4.69) is 0 Å². The van der Waals surface area contributed by atoms with Gasteiger partial charge in [-0.2, -0.15) is 0 Å². The highest BCUT2D eigenvalue weighted by molar-refractivity contribution is 6.25. The Morgan fingerprint density at radius 3 is 1.52 bits per heavy atom. The molecule has 2 heterocycles. The second-order valence-corrected chi connectivity index (χ2v) is 11.9. The summed E-state index contributed by atoms with van der Waals surface area (Å²) in [5.74, 6) is 0. The maximum absolute atomic E-state index is 9.73. The SMILES string of the molecule is [2H]c1c([2H])c([2H])c(-c2c([2H])c([2H])c([2H])c([2H])c2-c2c3c([2H])c([2H])c([2H])c([2H])c3c(-c3c([2H])c([2H])c([2H])c([2H])c3-c3cccc4oc5c(ccc6c7ccccc7oc65)c34)c3c([2H])c([2H])c([2H])c([2H])c23)c([2H])c1[2H]. The largest absolute Gasteiger partial charge is 0.452 e. The lowest BCUT2D eigenvalue weighted by Gasteiger charge is -2.21. The van der Waals surface area contributed by atoms with Gasteiger partial charge in [0, 0.05) is 21.5 Å². The van der Waals surface area contributed by atoms with Crippen LogP contribution in [0.3, 0.4) is 0 Å². The molecule has 242 valence electrons. The van der Waals surface area contributed by atoms with Gasteiger partial charge in [0.15, 0.2) is 11.2 Å². The summed E-state index contributed by atoms with van der Waals surface area (Å²) in [7, 11) is 0. The number of benzene rings is 9. The first-order valence-electron chi connectivity index (χ1n) is 26.5. The van der Waals surface area contributed by atoms with Gasteiger partial charge in [0.1, 0.15) is 11.2 Å². The summed E-state index contributed by atoms with van der Waals surface area (Å²) < 4.78 is 205. The summed E-state index contributed by atoms with van der Waals surface area (Å²) in [5.41, 5.74) is -2.75. The van der Waals surface area contributed by atoms with Crippen molar-refractivity contribution in [1.82, 2.24) is 0 Å². The predicted molar refractivity (Wildman–Crippen MR) is 218 cm³/mol. The van der Waals surface area contributed by atoms with Gasteiger partial charge in [-0.05, 0) is 90.3 Å². The number of furan rings is 2. The second-order valence-electron chi connectivity index (χ2n) is 11.9. The topological polar surface area (TPSA) is 26.3 Å². The zero-order valence-electron chi connectivity index (χ0n) is 47.5. The molecule has 2 nitrogen and oxygen atoms in total. The highest BCUT2D eigenvalue weighted by atomic mass is 16.4. The van der Waals surface area contributed by atoms with Crippen LogP contribution in [0, 0.1) is 0 Å². The fraction of sp³-hybridized carbons (Fsp3) is 0. The summed E-state index contributed by atoms with van der Waals surface area (Å²) in [6.45, 7) is 0. The van der Waals surface area contributed by atoms with Crippen LogP contribution in [0.25, 0.3) is 110 Å². The van der Waals surface area contributed by atoms with E-state index < -0.39 is 182 Å². The van der Waals surface area contributed by atoms with E-state index in [9.17, 15) is 11.0 Å². The molecule has 0 saturated heterocycles. The van der Waals surface area contributed by atoms with Crippen molar-refractivity contribution >= 4 is 65.4 Å². The van der Waals surface area contributed by atoms with Crippen molar-refractivity contribution in [2.75, 3.05) is 0 Å². The van der Waals surface area contributed by atoms with Gasteiger partial charge in [0.25, 0.3) is 0 Å². The van der Waals surface area contributed by atoms with Crippen molar-refractivity contribution in [3.8, 4) is 44.5 Å². The number of hydrogen-bond donors (Lipinski definition) is 0. The van der Waals surface area contributed by atoms with E-state index in [4.69, 9.17) is 26.7 Å². The lowest BCUT2D eigenvalue weighted by Crippen LogP contribution is -1.94. The molecule has 0 spiro atoms. The fourth-order valence-electron chi connectivity index (χ4n) is 7.16. The minimum Gasteiger partial charge on any atom is -0.452 e. The zero-order valence-corrected chi connectivity index (χ0v) is 26.5. The average molecular weight is 684 g/mol. The van der Waals surface area contributed by atoms with Gasteiger partial charge in [-0.15, -0.1) is 0 Å². The third-order valence-corrected chi connectivity index (χ3v) is 9.28. The molecule has 0 atom stereocenters. The van der Waals surface area contributed by atoms with E-state index in [0.717, 1.165) is 5.39 Å². The van der Waals surface area contributed by atoms with Gasteiger partial charge in [-0.3, -0.25) is 0 Å². The van der Waals surface area contributed by atoms with E-state index in [-0.39, 0.29) is 22.3 Å². The molecular weight excluding hydrogens is 633 g/mol. The molecule has 0 aliphatic heterocycles. The summed E-state index contributed by atoms with van der Waals surface area (Å²) in [4.78, 5) is 0. The van der Waals surface area contributed by atoms with Crippen LogP contribution in [0.5, 0.6) is 0 Å². The molecule has 9 aromatic carbocycles. The molecule has 0 aliphatic rings. The van der Waals surface area contributed by atoms with Gasteiger partial charge in [0.05, 0.1) is 28.8 Å². The number of fused-ring (bicyclic) bond motifs is 9. The maximum atomic E-state index is 9.73. The molecule has 0 radical (unpaired) electrons. The Kier molecular flexibility index (Phi) is 3.29. The third-order valence-electron chi connectivity index (χ3n) is 9.28. The van der Waals surface area contributed by atoms with Crippen LogP contribution in [0.2, 0.25) is 0 Å². The Morgan fingerprint density at radius 2 is 0.827 bits per heavy atom. The number of hydrogen-bond acceptors (Lipinski definition) is 2. The van der Waals surface area contributed by atoms with Crippen LogP contribution in [0.15, 0.2) is 190 Å². The summed E-state index contributed by atoms with van der Waals surface area (Å²) >= 11 is 0. The van der Waals surface area contributed by atoms with Crippen molar-refractivity contribution in [3.05, 3.63) is 181 Å². The quantitative estimate of drug-likeness (QED) is 0.173. The van der Waals surface area contributed by atoms with E-state index in [1.807, 2.05) is 18.2 Å². The molecule has 0 amide bonds. The highest BCUT2D eigenvalue weighted by Gasteiger charge is 2.23. The third kappa shape index (κ3) is 4.19. The van der Waals surface area contributed by atoms with Crippen molar-refractivity contribution in [3.63, 3.8) is 0 Å². The van der Waals surface area contributed by atoms with Crippen LogP contribution < -0.4 is 0 Å². The van der Waals surface area contributed by atoms with Crippen molar-refractivity contribution in [2.45, 2.75) is 0 Å². The van der Waals surface area contributed by atoms with Gasteiger partial charge in [-0.1, -0.05) is 157 Å². The standard InChI is InChI=1S/C50H30O2/c1-2-15-31(16-3-1)32-17-4-6-20-35(32)46-38-22-8-10-24-40(38)47(41-25-11-9-23-39(41)46)36-21-7-5-18-33(36)37-26-14-28-45-48(37)43-30-29-42-34-19-12-13-27-44(34)51-49(42)50(43)52-45/h1-30H/i1D,2D,3D,4D,5D,6D,7D,8D,9D,10D,11D,15D,16D,17D,18D,20D,21D,22D,23D,24D,25D. The van der Waals surface area contributed by atoms with Gasteiger partial charge in [-0.25, -0.2) is 0 Å². The van der Waals surface area contributed by atoms with Gasteiger partial charge < -0.3 is 8.83 Å². The Balaban J connectivity index is 1.42. The van der Waals surface area contributed by atoms with Crippen molar-refractivity contribution in [1.29, 1.82) is 0 Å². The first-order valence-corrected chi connectivity index (χ1v) is 16.0. The normalized spacial score (nSPS) is 17.5. The lowest BCUT2D eigenvalue weighted by atomic mass is 9.82. The van der Waals surface area contributed by atoms with E-state index in [1.165, 1.54) is 6.07 Å². The molecular formula is C50H30O2. The first-order chi connectivity index (χ1) is 34.5. The average Bonchev–Trinajstić information content (AvgIpc) is 3.97. The minimum absolute atomic E-state index is 0.0985. The van der Waals surface area contributed by atoms with Crippen molar-refractivity contribution in [2.24, 2.45) is 0 Å². The molecule has 52 heavy (non-hydrogen) atoms. The van der Waals surface area contributed by atoms with E-state index in [0.29, 0.717) is 27.3 Å². The van der Waals surface area contributed by atoms with Crippen LogP contribution >= 0.6 is 0 Å². The van der Waals surface area contributed by atoms with Crippen LogP contribution in [-0.2, 0) is 0 Å². The molecule has 0 bridgehead atoms. The van der Waals surface area contributed by atoms with Crippen molar-refractivity contribution < 1.29 is 37.6 Å². The number of para-hydroxylation sites is 1. The maximum Gasteiger partial charge on any atom is 0.178 e. The molecule has 0 unspecified atom stereocenters. The van der Waals surface area contributed by atoms with E-state index in [1.54, 1.807) is 30.3 Å².